The van der Waals surface area contributed by atoms with Crippen LogP contribution in [0.5, 0.6) is 11.5 Å². The Kier molecular flexibility index (Phi) is 17.8. The molecule has 0 bridgehead atoms. The number of rotatable bonds is 26. The second kappa shape index (κ2) is 28.2. The average molecular weight is 1300 g/mol. The summed E-state index contributed by atoms with van der Waals surface area (Å²) in [5.41, 5.74) is 26.4. The molecule has 100 heavy (non-hydrogen) atoms. The highest BCUT2D eigenvalue weighted by Crippen LogP contribution is 2.59. The van der Waals surface area contributed by atoms with E-state index in [2.05, 4.69) is 314 Å². The van der Waals surface area contributed by atoms with Gasteiger partial charge in [0.05, 0.1) is 24.2 Å². The Bertz CT molecular complexity index is 5010. The molecule has 1 heterocycles. The zero-order chi connectivity index (χ0) is 67.2. The maximum atomic E-state index is 6.25. The van der Waals surface area contributed by atoms with Gasteiger partial charge in [-0.05, 0) is 212 Å². The molecule has 16 rings (SSSR count). The third-order valence-corrected chi connectivity index (χ3v) is 21.3. The second-order valence-electron chi connectivity index (χ2n) is 27.0. The van der Waals surface area contributed by atoms with Crippen molar-refractivity contribution in [2.75, 3.05) is 18.1 Å². The maximum Gasteiger partial charge on any atom is 0.119 e. The number of benzene rings is 13. The number of hydrogen-bond acceptors (Lipinski definition) is 3. The summed E-state index contributed by atoms with van der Waals surface area (Å²) in [6, 6.07) is 117. The first-order valence-corrected chi connectivity index (χ1v) is 35.9. The summed E-state index contributed by atoms with van der Waals surface area (Å²) in [7, 11) is 0. The number of unbranched alkanes of at least 4 members (excludes halogenated alkanes) is 6. The fourth-order valence-corrected chi connectivity index (χ4v) is 16.5. The Labute approximate surface area is 589 Å². The highest BCUT2D eigenvalue weighted by molar-refractivity contribution is 6.12. The zero-order valence-corrected chi connectivity index (χ0v) is 56.8. The van der Waals surface area contributed by atoms with Crippen LogP contribution in [0.2, 0.25) is 0 Å². The van der Waals surface area contributed by atoms with Crippen LogP contribution in [0.4, 0.5) is 17.1 Å². The molecule has 1 aromatic heterocycles. The highest BCUT2D eigenvalue weighted by Gasteiger charge is 2.46. The van der Waals surface area contributed by atoms with E-state index in [1.165, 1.54) is 94.1 Å². The van der Waals surface area contributed by atoms with Crippen molar-refractivity contribution in [1.29, 1.82) is 0 Å². The standard InChI is InChI=1S/C96H82N2O2/c1-3-69-41-53-81(54-42-69)99-63-27-7-5-25-61-95(75-31-15-10-16-32-75)89-39-23-21-37-83(89)85-57-51-79(67-91(85)95)97(78-49-45-72(46-50-78)74-48-60-94-88(66-74)87-65-73(71-29-13-9-14-30-71)47-59-93(87)98(94)77-35-19-12-20-36-77)80-52-58-86-84-38-22-24-40-90(84)96(92(86)68-80,76-33-17-11-18-34-76)62-26-6-8-28-64-100-82-55-43-70(4-2)44-56-82/h3-4,9-24,29-60,65-68H,1-2,5-8,25-28,61-64H2. The Morgan fingerprint density at radius 1 is 0.310 bits per heavy atom. The molecule has 2 atom stereocenters. The first kappa shape index (κ1) is 63.3. The van der Waals surface area contributed by atoms with Crippen LogP contribution in [0.25, 0.3) is 84.2 Å². The number of aromatic nitrogens is 1. The predicted molar refractivity (Wildman–Crippen MR) is 420 cm³/mol. The molecule has 2 unspecified atom stereocenters. The molecule has 0 N–H and O–H groups in total. The van der Waals surface area contributed by atoms with Crippen molar-refractivity contribution in [3.8, 4) is 61.7 Å². The lowest BCUT2D eigenvalue weighted by molar-refractivity contribution is 0.303. The molecule has 13 aromatic carbocycles. The van der Waals surface area contributed by atoms with Crippen molar-refractivity contribution < 1.29 is 9.47 Å². The highest BCUT2D eigenvalue weighted by atomic mass is 16.5. The minimum absolute atomic E-state index is 0.391. The van der Waals surface area contributed by atoms with E-state index < -0.39 is 10.8 Å². The molecular formula is C96H82N2O2. The fraction of sp³-hybridized carbons (Fsp3) is 0.146. The topological polar surface area (TPSA) is 26.6 Å². The minimum atomic E-state index is -0.391. The van der Waals surface area contributed by atoms with E-state index in [9.17, 15) is 0 Å². The smallest absolute Gasteiger partial charge is 0.119 e. The van der Waals surface area contributed by atoms with E-state index in [0.717, 1.165) is 115 Å². The lowest BCUT2D eigenvalue weighted by Crippen LogP contribution is -2.28. The van der Waals surface area contributed by atoms with Gasteiger partial charge in [-0.3, -0.25) is 0 Å². The van der Waals surface area contributed by atoms with Crippen molar-refractivity contribution in [2.45, 2.75) is 75.0 Å². The molecule has 488 valence electrons. The summed E-state index contributed by atoms with van der Waals surface area (Å²) in [4.78, 5) is 2.56. The zero-order valence-electron chi connectivity index (χ0n) is 56.8. The lowest BCUT2D eigenvalue weighted by atomic mass is 9.69. The molecule has 14 aromatic rings. The van der Waals surface area contributed by atoms with Gasteiger partial charge in [0.1, 0.15) is 11.5 Å². The summed E-state index contributed by atoms with van der Waals surface area (Å²) in [5.74, 6) is 1.81. The summed E-state index contributed by atoms with van der Waals surface area (Å²) >= 11 is 0. The van der Waals surface area contributed by atoms with E-state index >= 15 is 0 Å². The number of fused-ring (bicyclic) bond motifs is 9. The molecular weight excluding hydrogens is 1210 g/mol. The summed E-state index contributed by atoms with van der Waals surface area (Å²) < 4.78 is 14.9. The van der Waals surface area contributed by atoms with Crippen molar-refractivity contribution in [3.05, 3.63) is 373 Å². The van der Waals surface area contributed by atoms with Gasteiger partial charge < -0.3 is 18.9 Å². The molecule has 4 nitrogen and oxygen atoms in total. The van der Waals surface area contributed by atoms with Gasteiger partial charge in [0.25, 0.3) is 0 Å². The quantitative estimate of drug-likeness (QED) is 0.0506. The largest absolute Gasteiger partial charge is 0.494 e. The lowest BCUT2D eigenvalue weighted by Gasteiger charge is -2.35. The van der Waals surface area contributed by atoms with Crippen LogP contribution in [-0.2, 0) is 10.8 Å². The van der Waals surface area contributed by atoms with Gasteiger partial charge in [-0.1, -0.05) is 282 Å². The predicted octanol–water partition coefficient (Wildman–Crippen LogP) is 25.6. The van der Waals surface area contributed by atoms with Gasteiger partial charge in [-0.15, -0.1) is 0 Å². The summed E-state index contributed by atoms with van der Waals surface area (Å²) in [6.07, 6.45) is 14.2. The molecule has 0 saturated carbocycles. The van der Waals surface area contributed by atoms with Crippen molar-refractivity contribution in [3.63, 3.8) is 0 Å². The van der Waals surface area contributed by atoms with E-state index in [-0.39, 0.29) is 0 Å². The molecule has 4 heteroatoms. The molecule has 0 aliphatic heterocycles. The van der Waals surface area contributed by atoms with Gasteiger partial charge in [-0.2, -0.15) is 0 Å². The molecule has 0 fully saturated rings. The normalized spacial score (nSPS) is 14.8. The van der Waals surface area contributed by atoms with Gasteiger partial charge in [0.2, 0.25) is 0 Å². The Morgan fingerprint density at radius 2 is 0.690 bits per heavy atom. The molecule has 0 amide bonds. The Balaban J connectivity index is 0.797. The van der Waals surface area contributed by atoms with Crippen LogP contribution in [0.15, 0.2) is 329 Å². The average Bonchev–Trinajstić information content (AvgIpc) is 1.55. The molecule has 2 aliphatic rings. The van der Waals surface area contributed by atoms with Crippen molar-refractivity contribution in [2.24, 2.45) is 0 Å². The molecule has 0 radical (unpaired) electrons. The monoisotopic (exact) mass is 1290 g/mol. The minimum Gasteiger partial charge on any atom is -0.494 e. The Hall–Kier alpha value is -11.5. The van der Waals surface area contributed by atoms with Crippen molar-refractivity contribution >= 4 is 51.0 Å². The third kappa shape index (κ3) is 11.9. The number of para-hydroxylation sites is 1. The van der Waals surface area contributed by atoms with E-state index in [0.29, 0.717) is 13.2 Å². The first-order chi connectivity index (χ1) is 49.5. The van der Waals surface area contributed by atoms with E-state index in [4.69, 9.17) is 9.47 Å². The SMILES string of the molecule is C=Cc1ccc(OCCCCCCC2(c3ccccc3)c3ccccc3-c3ccc(N(c4ccc(-c5ccc6c(c5)c5cc(-c7ccccc7)ccc5n6-c5ccccc5)cc4)c4ccc5c(c4)C(CCCCCCOc4ccc(C=C)cc4)(c4ccccc4)c4ccccc4-5)cc32)cc1. The summed E-state index contributed by atoms with van der Waals surface area (Å²) in [6.45, 7) is 9.23. The number of hydrogen-bond donors (Lipinski definition) is 0. The van der Waals surface area contributed by atoms with Crippen LogP contribution < -0.4 is 14.4 Å². The van der Waals surface area contributed by atoms with Gasteiger partial charge in [0.15, 0.2) is 0 Å². The van der Waals surface area contributed by atoms with Crippen LogP contribution in [0.1, 0.15) is 109 Å². The first-order valence-electron chi connectivity index (χ1n) is 35.9. The fourth-order valence-electron chi connectivity index (χ4n) is 16.5. The second-order valence-corrected chi connectivity index (χ2v) is 27.0. The van der Waals surface area contributed by atoms with Crippen LogP contribution in [0.3, 0.4) is 0 Å². The third-order valence-electron chi connectivity index (χ3n) is 21.3. The number of anilines is 3. The van der Waals surface area contributed by atoms with Gasteiger partial charge in [-0.25, -0.2) is 0 Å². The van der Waals surface area contributed by atoms with Crippen molar-refractivity contribution in [1.82, 2.24) is 4.57 Å². The van der Waals surface area contributed by atoms with Crippen LogP contribution in [-0.4, -0.2) is 17.8 Å². The molecule has 0 spiro atoms. The summed E-state index contributed by atoms with van der Waals surface area (Å²) in [5, 5.41) is 2.45. The number of nitrogens with zero attached hydrogens (tertiary/aromatic N) is 2. The maximum absolute atomic E-state index is 6.25. The Morgan fingerprint density at radius 3 is 1.15 bits per heavy atom. The number of ether oxygens (including phenoxy) is 2. The van der Waals surface area contributed by atoms with Crippen LogP contribution in [0, 0.1) is 0 Å². The van der Waals surface area contributed by atoms with Gasteiger partial charge >= 0.3 is 0 Å². The van der Waals surface area contributed by atoms with E-state index in [1.54, 1.807) is 0 Å². The van der Waals surface area contributed by atoms with Gasteiger partial charge in [0, 0.05) is 44.4 Å². The molecule has 0 saturated heterocycles. The van der Waals surface area contributed by atoms with E-state index in [1.807, 2.05) is 36.4 Å². The van der Waals surface area contributed by atoms with Crippen LogP contribution >= 0.6 is 0 Å². The molecule has 2 aliphatic carbocycles.